The Kier molecular flexibility index (Phi) is 4.10. The molecule has 2 rings (SSSR count). The maximum Gasteiger partial charge on any atom is 0.306 e. The first-order valence-corrected chi connectivity index (χ1v) is 6.65. The van der Waals surface area contributed by atoms with Gasteiger partial charge in [-0.25, -0.2) is 0 Å². The van der Waals surface area contributed by atoms with Gasteiger partial charge < -0.3 is 14.9 Å². The van der Waals surface area contributed by atoms with Gasteiger partial charge in [0.2, 0.25) is 0 Å². The number of benzene rings is 1. The van der Waals surface area contributed by atoms with Crippen LogP contribution >= 0.6 is 0 Å². The fraction of sp³-hybridized carbons (Fsp3) is 0.533. The molecule has 1 aliphatic rings. The minimum atomic E-state index is -1.35. The van der Waals surface area contributed by atoms with Crippen molar-refractivity contribution in [3.8, 4) is 5.75 Å². The Balaban J connectivity index is 1.98. The molecule has 4 nitrogen and oxygen atoms in total. The molecule has 0 aliphatic heterocycles. The van der Waals surface area contributed by atoms with Crippen molar-refractivity contribution in [1.29, 1.82) is 0 Å². The monoisotopic (exact) mass is 264 g/mol. The molecule has 1 aliphatic carbocycles. The number of carboxylic acid groups (broad SMARTS) is 1. The number of rotatable bonds is 5. The van der Waals surface area contributed by atoms with Crippen LogP contribution in [0.4, 0.5) is 0 Å². The Bertz CT molecular complexity index is 465. The third kappa shape index (κ3) is 3.96. The summed E-state index contributed by atoms with van der Waals surface area (Å²) in [6.07, 6.45) is 4.30. The summed E-state index contributed by atoms with van der Waals surface area (Å²) in [6.45, 7) is 1.46. The largest absolute Gasteiger partial charge is 0.491 e. The van der Waals surface area contributed by atoms with Gasteiger partial charge in [0.15, 0.2) is 0 Å². The summed E-state index contributed by atoms with van der Waals surface area (Å²) in [5.41, 5.74) is 1.33. The number of fused-ring (bicyclic) bond motifs is 1. The topological polar surface area (TPSA) is 66.8 Å². The number of ether oxygens (including phenoxy) is 1. The van der Waals surface area contributed by atoms with Crippen molar-refractivity contribution in [1.82, 2.24) is 0 Å². The number of carbonyl (C=O) groups is 1. The summed E-state index contributed by atoms with van der Waals surface area (Å²) >= 11 is 0. The van der Waals surface area contributed by atoms with E-state index in [9.17, 15) is 9.90 Å². The van der Waals surface area contributed by atoms with Crippen LogP contribution in [0.1, 0.15) is 37.3 Å². The zero-order chi connectivity index (χ0) is 13.9. The van der Waals surface area contributed by atoms with E-state index in [4.69, 9.17) is 9.84 Å². The van der Waals surface area contributed by atoms with E-state index in [2.05, 4.69) is 6.07 Å². The molecule has 0 saturated carbocycles. The summed E-state index contributed by atoms with van der Waals surface area (Å²) in [4.78, 5) is 10.6. The summed E-state index contributed by atoms with van der Waals surface area (Å²) < 4.78 is 5.52. The van der Waals surface area contributed by atoms with Crippen molar-refractivity contribution in [2.75, 3.05) is 6.61 Å². The predicted octanol–water partition coefficient (Wildman–Crippen LogP) is 2.17. The van der Waals surface area contributed by atoms with Gasteiger partial charge in [0.25, 0.3) is 0 Å². The summed E-state index contributed by atoms with van der Waals surface area (Å²) in [7, 11) is 0. The number of aliphatic hydroxyl groups is 1. The van der Waals surface area contributed by atoms with Crippen LogP contribution in [0.5, 0.6) is 5.75 Å². The number of hydrogen-bond donors (Lipinski definition) is 2. The lowest BCUT2D eigenvalue weighted by Crippen LogP contribution is -2.34. The third-order valence-electron chi connectivity index (χ3n) is 3.40. The van der Waals surface area contributed by atoms with E-state index in [0.29, 0.717) is 5.75 Å². The highest BCUT2D eigenvalue weighted by molar-refractivity contribution is 5.68. The van der Waals surface area contributed by atoms with Gasteiger partial charge in [-0.3, -0.25) is 4.79 Å². The van der Waals surface area contributed by atoms with E-state index < -0.39 is 11.6 Å². The SMILES string of the molecule is CC(O)(COc1ccc2c(c1)CCCC2)CC(=O)O. The first-order chi connectivity index (χ1) is 8.96. The molecule has 1 aromatic rings. The van der Waals surface area contributed by atoms with Gasteiger partial charge >= 0.3 is 5.97 Å². The van der Waals surface area contributed by atoms with Crippen molar-refractivity contribution >= 4 is 5.97 Å². The lowest BCUT2D eigenvalue weighted by atomic mass is 9.92. The van der Waals surface area contributed by atoms with Crippen LogP contribution in [0, 0.1) is 0 Å². The molecule has 0 amide bonds. The third-order valence-corrected chi connectivity index (χ3v) is 3.40. The molecule has 1 unspecified atom stereocenters. The van der Waals surface area contributed by atoms with Crippen LogP contribution in [0.3, 0.4) is 0 Å². The van der Waals surface area contributed by atoms with Gasteiger partial charge in [-0.05, 0) is 55.9 Å². The lowest BCUT2D eigenvalue weighted by Gasteiger charge is -2.22. The number of aryl methyl sites for hydroxylation is 2. The van der Waals surface area contributed by atoms with E-state index >= 15 is 0 Å². The second-order valence-corrected chi connectivity index (χ2v) is 5.49. The fourth-order valence-corrected chi connectivity index (χ4v) is 2.42. The molecular formula is C15H20O4. The molecular weight excluding hydrogens is 244 g/mol. The Morgan fingerprint density at radius 2 is 2.00 bits per heavy atom. The van der Waals surface area contributed by atoms with E-state index in [1.165, 1.54) is 30.9 Å². The molecule has 19 heavy (non-hydrogen) atoms. The highest BCUT2D eigenvalue weighted by atomic mass is 16.5. The molecule has 2 N–H and O–H groups in total. The zero-order valence-electron chi connectivity index (χ0n) is 11.2. The summed E-state index contributed by atoms with van der Waals surface area (Å²) in [5.74, 6) is -0.328. The van der Waals surface area contributed by atoms with Crippen molar-refractivity contribution in [3.63, 3.8) is 0 Å². The fourth-order valence-electron chi connectivity index (χ4n) is 2.42. The molecule has 0 radical (unpaired) electrons. The summed E-state index contributed by atoms with van der Waals surface area (Å²) in [6, 6.07) is 5.96. The first-order valence-electron chi connectivity index (χ1n) is 6.65. The van der Waals surface area contributed by atoms with Crippen molar-refractivity contribution in [2.24, 2.45) is 0 Å². The van der Waals surface area contributed by atoms with E-state index in [1.807, 2.05) is 12.1 Å². The molecule has 4 heteroatoms. The minimum absolute atomic E-state index is 0.0158. The highest BCUT2D eigenvalue weighted by Crippen LogP contribution is 2.26. The van der Waals surface area contributed by atoms with Crippen molar-refractivity contribution < 1.29 is 19.7 Å². The standard InChI is InChI=1S/C15H20O4/c1-15(18,9-14(16)17)10-19-13-7-6-11-4-2-3-5-12(11)8-13/h6-8,18H,2-5,9-10H2,1H3,(H,16,17). The Labute approximate surface area is 113 Å². The average molecular weight is 264 g/mol. The Hall–Kier alpha value is -1.55. The van der Waals surface area contributed by atoms with Crippen molar-refractivity contribution in [2.45, 2.75) is 44.6 Å². The van der Waals surface area contributed by atoms with Crippen LogP contribution in [-0.2, 0) is 17.6 Å². The Morgan fingerprint density at radius 3 is 2.68 bits per heavy atom. The number of carboxylic acids is 1. The predicted molar refractivity (Wildman–Crippen MR) is 71.5 cm³/mol. The van der Waals surface area contributed by atoms with E-state index in [0.717, 1.165) is 12.8 Å². The summed E-state index contributed by atoms with van der Waals surface area (Å²) in [5, 5.41) is 18.6. The van der Waals surface area contributed by atoms with Crippen LogP contribution in [0.25, 0.3) is 0 Å². The molecule has 0 aromatic heterocycles. The molecule has 0 fully saturated rings. The van der Waals surface area contributed by atoms with Gasteiger partial charge in [-0.2, -0.15) is 0 Å². The molecule has 0 saturated heterocycles. The molecule has 1 atom stereocenters. The molecule has 1 aromatic carbocycles. The maximum atomic E-state index is 10.6. The van der Waals surface area contributed by atoms with Crippen LogP contribution < -0.4 is 4.74 Å². The van der Waals surface area contributed by atoms with Gasteiger partial charge in [0, 0.05) is 0 Å². The van der Waals surface area contributed by atoms with Gasteiger partial charge in [0.05, 0.1) is 6.42 Å². The van der Waals surface area contributed by atoms with Gasteiger partial charge in [-0.1, -0.05) is 6.07 Å². The number of hydrogen-bond acceptors (Lipinski definition) is 3. The molecule has 0 spiro atoms. The minimum Gasteiger partial charge on any atom is -0.491 e. The molecule has 0 heterocycles. The smallest absolute Gasteiger partial charge is 0.306 e. The zero-order valence-corrected chi connectivity index (χ0v) is 11.2. The Morgan fingerprint density at radius 1 is 1.32 bits per heavy atom. The van der Waals surface area contributed by atoms with Crippen LogP contribution in [0.15, 0.2) is 18.2 Å². The maximum absolute atomic E-state index is 10.6. The average Bonchev–Trinajstić information content (AvgIpc) is 2.35. The second-order valence-electron chi connectivity index (χ2n) is 5.49. The first kappa shape index (κ1) is 13.9. The van der Waals surface area contributed by atoms with E-state index in [-0.39, 0.29) is 13.0 Å². The number of aliphatic carboxylic acids is 1. The second kappa shape index (κ2) is 5.61. The van der Waals surface area contributed by atoms with E-state index in [1.54, 1.807) is 0 Å². The molecule has 0 bridgehead atoms. The van der Waals surface area contributed by atoms with Gasteiger partial charge in [-0.15, -0.1) is 0 Å². The highest BCUT2D eigenvalue weighted by Gasteiger charge is 2.25. The van der Waals surface area contributed by atoms with Crippen LogP contribution in [0.2, 0.25) is 0 Å². The quantitative estimate of drug-likeness (QED) is 0.855. The van der Waals surface area contributed by atoms with Crippen LogP contribution in [-0.4, -0.2) is 28.4 Å². The van der Waals surface area contributed by atoms with Gasteiger partial charge in [0.1, 0.15) is 18.0 Å². The normalized spacial score (nSPS) is 17.4. The lowest BCUT2D eigenvalue weighted by molar-refractivity contribution is -0.143. The molecule has 104 valence electrons. The van der Waals surface area contributed by atoms with Crippen molar-refractivity contribution in [3.05, 3.63) is 29.3 Å².